The molecule has 0 unspecified atom stereocenters. The minimum atomic E-state index is 0.246. The number of aryl methyl sites for hydroxylation is 1. The molecule has 0 bridgehead atoms. The fourth-order valence-corrected chi connectivity index (χ4v) is 3.14. The lowest BCUT2D eigenvalue weighted by Crippen LogP contribution is -1.97. The highest BCUT2D eigenvalue weighted by atomic mass is 32.2. The Kier molecular flexibility index (Phi) is 11.4. The fraction of sp³-hybridized carbons (Fsp3) is 0.409. The van der Waals surface area contributed by atoms with E-state index in [9.17, 15) is 4.79 Å². The Labute approximate surface area is 162 Å². The van der Waals surface area contributed by atoms with Crippen molar-refractivity contribution in [3.63, 3.8) is 0 Å². The molecule has 2 aromatic rings. The number of ketones is 1. The number of rotatable bonds is 8. The quantitative estimate of drug-likeness (QED) is 0.361. The lowest BCUT2D eigenvalue weighted by molar-refractivity contribution is 0.0981. The SMILES string of the molecule is CCCC(=O)c1ccc(SC)cc1.CCCCc1ccc(SC)cc1. The predicted molar refractivity (Wildman–Crippen MR) is 114 cm³/mol. The Bertz CT molecular complexity index is 603. The summed E-state index contributed by atoms with van der Waals surface area (Å²) in [7, 11) is 0. The molecule has 0 heterocycles. The summed E-state index contributed by atoms with van der Waals surface area (Å²) in [5.41, 5.74) is 2.30. The molecular formula is C22H30OS2. The van der Waals surface area contributed by atoms with Crippen LogP contribution >= 0.6 is 23.5 Å². The Morgan fingerprint density at radius 3 is 1.76 bits per heavy atom. The van der Waals surface area contributed by atoms with Crippen molar-refractivity contribution in [2.45, 2.75) is 55.7 Å². The molecule has 2 rings (SSSR count). The van der Waals surface area contributed by atoms with Gasteiger partial charge in [0.2, 0.25) is 0 Å². The highest BCUT2D eigenvalue weighted by Gasteiger charge is 2.03. The molecule has 136 valence electrons. The van der Waals surface area contributed by atoms with E-state index in [1.54, 1.807) is 23.5 Å². The molecule has 0 N–H and O–H groups in total. The van der Waals surface area contributed by atoms with Gasteiger partial charge in [-0.25, -0.2) is 0 Å². The molecule has 0 fully saturated rings. The highest BCUT2D eigenvalue weighted by Crippen LogP contribution is 2.16. The molecular weight excluding hydrogens is 344 g/mol. The van der Waals surface area contributed by atoms with Gasteiger partial charge in [-0.1, -0.05) is 44.5 Å². The monoisotopic (exact) mass is 374 g/mol. The van der Waals surface area contributed by atoms with Crippen LogP contribution in [0.15, 0.2) is 58.3 Å². The second-order valence-corrected chi connectivity index (χ2v) is 7.61. The predicted octanol–water partition coefficient (Wildman–Crippen LogP) is 7.14. The van der Waals surface area contributed by atoms with Crippen molar-refractivity contribution in [3.8, 4) is 0 Å². The Balaban J connectivity index is 0.000000251. The maximum atomic E-state index is 11.4. The second kappa shape index (κ2) is 13.1. The summed E-state index contributed by atoms with van der Waals surface area (Å²) in [6, 6.07) is 16.7. The Morgan fingerprint density at radius 2 is 1.32 bits per heavy atom. The van der Waals surface area contributed by atoms with E-state index < -0.39 is 0 Å². The molecule has 0 atom stereocenters. The summed E-state index contributed by atoms with van der Waals surface area (Å²) in [5, 5.41) is 0. The summed E-state index contributed by atoms with van der Waals surface area (Å²) in [6.07, 6.45) is 9.53. The van der Waals surface area contributed by atoms with Crippen LogP contribution in [0.5, 0.6) is 0 Å². The Morgan fingerprint density at radius 1 is 0.800 bits per heavy atom. The first-order chi connectivity index (χ1) is 12.1. The lowest BCUT2D eigenvalue weighted by atomic mass is 10.1. The average Bonchev–Trinajstić information content (AvgIpc) is 2.67. The smallest absolute Gasteiger partial charge is 0.162 e. The van der Waals surface area contributed by atoms with Gasteiger partial charge in [-0.05, 0) is 61.6 Å². The van der Waals surface area contributed by atoms with Crippen LogP contribution in [0.25, 0.3) is 0 Å². The molecule has 0 radical (unpaired) electrons. The molecule has 0 amide bonds. The first-order valence-electron chi connectivity index (χ1n) is 8.94. The molecule has 0 aliphatic rings. The van der Waals surface area contributed by atoms with Crippen molar-refractivity contribution >= 4 is 29.3 Å². The number of thioether (sulfide) groups is 2. The normalized spacial score (nSPS) is 10.1. The van der Waals surface area contributed by atoms with E-state index in [4.69, 9.17) is 0 Å². The summed E-state index contributed by atoms with van der Waals surface area (Å²) in [5.74, 6) is 0.246. The Hall–Kier alpha value is -1.19. The van der Waals surface area contributed by atoms with Gasteiger partial charge in [-0.15, -0.1) is 23.5 Å². The maximum absolute atomic E-state index is 11.4. The van der Waals surface area contributed by atoms with Crippen molar-refractivity contribution in [2.75, 3.05) is 12.5 Å². The molecule has 0 saturated heterocycles. The first kappa shape index (κ1) is 21.9. The van der Waals surface area contributed by atoms with E-state index >= 15 is 0 Å². The van der Waals surface area contributed by atoms with Crippen LogP contribution in [0.2, 0.25) is 0 Å². The molecule has 25 heavy (non-hydrogen) atoms. The zero-order valence-electron chi connectivity index (χ0n) is 15.9. The van der Waals surface area contributed by atoms with Gasteiger partial charge < -0.3 is 0 Å². The van der Waals surface area contributed by atoms with Gasteiger partial charge in [0.15, 0.2) is 5.78 Å². The molecule has 3 heteroatoms. The molecule has 1 nitrogen and oxygen atoms in total. The lowest BCUT2D eigenvalue weighted by Gasteiger charge is -2.00. The minimum absolute atomic E-state index is 0.246. The number of unbranched alkanes of at least 4 members (excludes halogenated alkanes) is 1. The average molecular weight is 375 g/mol. The van der Waals surface area contributed by atoms with Gasteiger partial charge in [0.05, 0.1) is 0 Å². The van der Waals surface area contributed by atoms with Crippen molar-refractivity contribution in [1.29, 1.82) is 0 Å². The van der Waals surface area contributed by atoms with Gasteiger partial charge in [-0.2, -0.15) is 0 Å². The molecule has 0 saturated carbocycles. The third-order valence-corrected chi connectivity index (χ3v) is 5.35. The van der Waals surface area contributed by atoms with Crippen LogP contribution in [0.4, 0.5) is 0 Å². The molecule has 2 aromatic carbocycles. The van der Waals surface area contributed by atoms with E-state index in [2.05, 4.69) is 37.4 Å². The number of carbonyl (C=O) groups excluding carboxylic acids is 1. The topological polar surface area (TPSA) is 17.1 Å². The van der Waals surface area contributed by atoms with E-state index in [-0.39, 0.29) is 5.78 Å². The second-order valence-electron chi connectivity index (χ2n) is 5.85. The van der Waals surface area contributed by atoms with Crippen LogP contribution in [-0.4, -0.2) is 18.3 Å². The van der Waals surface area contributed by atoms with Crippen LogP contribution in [-0.2, 0) is 6.42 Å². The first-order valence-corrected chi connectivity index (χ1v) is 11.4. The summed E-state index contributed by atoms with van der Waals surface area (Å²) in [6.45, 7) is 4.25. The van der Waals surface area contributed by atoms with Crippen LogP contribution < -0.4 is 0 Å². The van der Waals surface area contributed by atoms with E-state index in [1.165, 1.54) is 34.6 Å². The highest BCUT2D eigenvalue weighted by molar-refractivity contribution is 7.98. The third-order valence-electron chi connectivity index (χ3n) is 3.87. The minimum Gasteiger partial charge on any atom is -0.294 e. The number of Topliss-reactive ketones (excluding diaryl/α,β-unsaturated/α-hetero) is 1. The summed E-state index contributed by atoms with van der Waals surface area (Å²) < 4.78 is 0. The zero-order chi connectivity index (χ0) is 18.5. The van der Waals surface area contributed by atoms with Gasteiger partial charge in [-0.3, -0.25) is 4.79 Å². The number of carbonyl (C=O) groups is 1. The van der Waals surface area contributed by atoms with Crippen LogP contribution in [0.1, 0.15) is 55.5 Å². The standard InChI is InChI=1S/C11H14OS.C11H16S/c1-3-4-11(12)9-5-7-10(13-2)8-6-9;1-3-4-5-10-6-8-11(12-2)9-7-10/h5-8H,3-4H2,1-2H3;6-9H,3-5H2,1-2H3. The van der Waals surface area contributed by atoms with E-state index in [1.807, 2.05) is 37.4 Å². The largest absolute Gasteiger partial charge is 0.294 e. The maximum Gasteiger partial charge on any atom is 0.162 e. The molecule has 0 aliphatic carbocycles. The van der Waals surface area contributed by atoms with Crippen molar-refractivity contribution < 1.29 is 4.79 Å². The van der Waals surface area contributed by atoms with E-state index in [0.717, 1.165) is 12.0 Å². The number of hydrogen-bond acceptors (Lipinski definition) is 3. The van der Waals surface area contributed by atoms with Crippen LogP contribution in [0.3, 0.4) is 0 Å². The van der Waals surface area contributed by atoms with Gasteiger partial charge >= 0.3 is 0 Å². The number of benzene rings is 2. The van der Waals surface area contributed by atoms with E-state index in [0.29, 0.717) is 6.42 Å². The van der Waals surface area contributed by atoms with Crippen molar-refractivity contribution in [2.24, 2.45) is 0 Å². The third kappa shape index (κ3) is 8.64. The van der Waals surface area contributed by atoms with Gasteiger partial charge in [0.1, 0.15) is 0 Å². The molecule has 0 aromatic heterocycles. The molecule has 0 spiro atoms. The fourth-order valence-electron chi connectivity index (χ4n) is 2.32. The van der Waals surface area contributed by atoms with Crippen LogP contribution in [0, 0.1) is 0 Å². The van der Waals surface area contributed by atoms with Crippen molar-refractivity contribution in [1.82, 2.24) is 0 Å². The summed E-state index contributed by atoms with van der Waals surface area (Å²) >= 11 is 3.49. The molecule has 0 aliphatic heterocycles. The van der Waals surface area contributed by atoms with Gasteiger partial charge in [0.25, 0.3) is 0 Å². The van der Waals surface area contributed by atoms with Gasteiger partial charge in [0, 0.05) is 21.8 Å². The number of hydrogen-bond donors (Lipinski definition) is 0. The zero-order valence-corrected chi connectivity index (χ0v) is 17.5. The summed E-state index contributed by atoms with van der Waals surface area (Å²) in [4.78, 5) is 14.0. The van der Waals surface area contributed by atoms with Crippen molar-refractivity contribution in [3.05, 3.63) is 59.7 Å².